The molecule has 1 atom stereocenters. The van der Waals surface area contributed by atoms with E-state index < -0.39 is 6.04 Å². The second-order valence-corrected chi connectivity index (χ2v) is 9.98. The zero-order valence-electron chi connectivity index (χ0n) is 20.2. The average molecular weight is 505 g/mol. The molecule has 1 aliphatic carbocycles. The predicted octanol–water partition coefficient (Wildman–Crippen LogP) is 6.25. The third-order valence-corrected chi connectivity index (χ3v) is 6.84. The number of hydrogen-bond acceptors (Lipinski definition) is 3. The van der Waals surface area contributed by atoms with Gasteiger partial charge in [-0.05, 0) is 74.1 Å². The lowest BCUT2D eigenvalue weighted by molar-refractivity contribution is -0.143. The first-order chi connectivity index (χ1) is 16.3. The van der Waals surface area contributed by atoms with E-state index in [-0.39, 0.29) is 31.0 Å². The third-order valence-electron chi connectivity index (χ3n) is 6.25. The minimum atomic E-state index is -0.621. The van der Waals surface area contributed by atoms with Gasteiger partial charge in [-0.2, -0.15) is 0 Å². The largest absolute Gasteiger partial charge is 0.484 e. The summed E-state index contributed by atoms with van der Waals surface area (Å²) in [4.78, 5) is 28.3. The summed E-state index contributed by atoms with van der Waals surface area (Å²) in [6.45, 7) is 5.92. The van der Waals surface area contributed by atoms with E-state index in [1.54, 1.807) is 23.1 Å². The number of rotatable bonds is 9. The van der Waals surface area contributed by atoms with E-state index in [1.165, 1.54) is 6.42 Å². The van der Waals surface area contributed by atoms with Gasteiger partial charge in [0, 0.05) is 22.6 Å². The average Bonchev–Trinajstić information content (AvgIpc) is 2.79. The summed E-state index contributed by atoms with van der Waals surface area (Å²) < 4.78 is 5.84. The van der Waals surface area contributed by atoms with Crippen molar-refractivity contribution in [2.45, 2.75) is 77.9 Å². The van der Waals surface area contributed by atoms with Crippen molar-refractivity contribution in [3.05, 3.63) is 63.1 Å². The molecule has 2 aromatic rings. The van der Waals surface area contributed by atoms with Crippen LogP contribution in [0, 0.1) is 13.8 Å². The number of nitrogens with one attached hydrogen (secondary N) is 1. The minimum absolute atomic E-state index is 0.126. The van der Waals surface area contributed by atoms with E-state index >= 15 is 0 Å². The number of aryl methyl sites for hydroxylation is 2. The highest BCUT2D eigenvalue weighted by atomic mass is 35.5. The molecule has 5 nitrogen and oxygen atoms in total. The van der Waals surface area contributed by atoms with E-state index in [0.717, 1.165) is 42.4 Å². The Balaban J connectivity index is 1.80. The van der Waals surface area contributed by atoms with Gasteiger partial charge in [0.05, 0.1) is 0 Å². The molecule has 2 aromatic carbocycles. The van der Waals surface area contributed by atoms with Crippen molar-refractivity contribution in [2.75, 3.05) is 6.61 Å². The Kier molecular flexibility index (Phi) is 9.66. The molecular weight excluding hydrogens is 471 g/mol. The summed E-state index contributed by atoms with van der Waals surface area (Å²) in [6, 6.07) is 10.6. The van der Waals surface area contributed by atoms with Crippen molar-refractivity contribution in [1.82, 2.24) is 10.2 Å². The maximum atomic E-state index is 13.4. The molecular formula is C27H34Cl2N2O3. The number of amides is 2. The van der Waals surface area contributed by atoms with Crippen LogP contribution in [0.15, 0.2) is 36.4 Å². The van der Waals surface area contributed by atoms with Gasteiger partial charge in [-0.3, -0.25) is 9.59 Å². The van der Waals surface area contributed by atoms with Gasteiger partial charge in [-0.15, -0.1) is 0 Å². The van der Waals surface area contributed by atoms with Crippen LogP contribution in [0.1, 0.15) is 62.1 Å². The van der Waals surface area contributed by atoms with Gasteiger partial charge in [0.25, 0.3) is 5.91 Å². The molecule has 34 heavy (non-hydrogen) atoms. The van der Waals surface area contributed by atoms with Crippen LogP contribution in [0.3, 0.4) is 0 Å². The Morgan fingerprint density at radius 1 is 1.06 bits per heavy atom. The molecule has 0 bridgehead atoms. The molecule has 3 rings (SSSR count). The SMILES string of the molecule is CC[C@@H](C(=O)NC1CCCCC1)N(Cc1ccc(Cl)cc1Cl)C(=O)COc1cc(C)cc(C)c1. The Labute approximate surface area is 212 Å². The van der Waals surface area contributed by atoms with Gasteiger partial charge in [0.15, 0.2) is 6.61 Å². The molecule has 1 fully saturated rings. The van der Waals surface area contributed by atoms with Gasteiger partial charge in [0.2, 0.25) is 5.91 Å². The highest BCUT2D eigenvalue weighted by molar-refractivity contribution is 6.35. The van der Waals surface area contributed by atoms with Crippen LogP contribution in [0.25, 0.3) is 0 Å². The van der Waals surface area contributed by atoms with Crippen molar-refractivity contribution < 1.29 is 14.3 Å². The molecule has 0 saturated heterocycles. The second kappa shape index (κ2) is 12.5. The highest BCUT2D eigenvalue weighted by Gasteiger charge is 2.31. The van der Waals surface area contributed by atoms with Crippen LogP contribution in [-0.2, 0) is 16.1 Å². The van der Waals surface area contributed by atoms with E-state index in [0.29, 0.717) is 22.2 Å². The van der Waals surface area contributed by atoms with Crippen molar-refractivity contribution >= 4 is 35.0 Å². The monoisotopic (exact) mass is 504 g/mol. The molecule has 0 aromatic heterocycles. The molecule has 0 unspecified atom stereocenters. The molecule has 1 aliphatic rings. The highest BCUT2D eigenvalue weighted by Crippen LogP contribution is 2.25. The van der Waals surface area contributed by atoms with Crippen LogP contribution in [-0.4, -0.2) is 35.4 Å². The molecule has 1 N–H and O–H groups in total. The van der Waals surface area contributed by atoms with Crippen LogP contribution >= 0.6 is 23.2 Å². The smallest absolute Gasteiger partial charge is 0.261 e. The maximum Gasteiger partial charge on any atom is 0.261 e. The van der Waals surface area contributed by atoms with E-state index in [4.69, 9.17) is 27.9 Å². The molecule has 0 heterocycles. The molecule has 184 valence electrons. The lowest BCUT2D eigenvalue weighted by atomic mass is 9.95. The van der Waals surface area contributed by atoms with Gasteiger partial charge in [0.1, 0.15) is 11.8 Å². The number of hydrogen-bond donors (Lipinski definition) is 1. The fraction of sp³-hybridized carbons (Fsp3) is 0.481. The van der Waals surface area contributed by atoms with Gasteiger partial charge < -0.3 is 15.0 Å². The van der Waals surface area contributed by atoms with E-state index in [2.05, 4.69) is 5.32 Å². The molecule has 0 spiro atoms. The predicted molar refractivity (Wildman–Crippen MR) is 138 cm³/mol. The number of nitrogens with zero attached hydrogens (tertiary/aromatic N) is 1. The zero-order chi connectivity index (χ0) is 24.7. The molecule has 1 saturated carbocycles. The van der Waals surface area contributed by atoms with E-state index in [9.17, 15) is 9.59 Å². The van der Waals surface area contributed by atoms with Crippen molar-refractivity contribution in [3.63, 3.8) is 0 Å². The number of benzene rings is 2. The van der Waals surface area contributed by atoms with Gasteiger partial charge in [-0.25, -0.2) is 0 Å². The molecule has 0 radical (unpaired) electrons. The summed E-state index contributed by atoms with van der Waals surface area (Å²) in [5.74, 6) is 0.241. The number of halogens is 2. The lowest BCUT2D eigenvalue weighted by Gasteiger charge is -2.33. The molecule has 0 aliphatic heterocycles. The minimum Gasteiger partial charge on any atom is -0.484 e. The Morgan fingerprint density at radius 2 is 1.74 bits per heavy atom. The molecule has 7 heteroatoms. The first kappa shape index (κ1) is 26.4. The van der Waals surface area contributed by atoms with Crippen LogP contribution in [0.5, 0.6) is 5.75 Å². The summed E-state index contributed by atoms with van der Waals surface area (Å²) in [7, 11) is 0. The normalized spacial score (nSPS) is 15.0. The summed E-state index contributed by atoms with van der Waals surface area (Å²) >= 11 is 12.5. The zero-order valence-corrected chi connectivity index (χ0v) is 21.7. The lowest BCUT2D eigenvalue weighted by Crippen LogP contribution is -2.52. The van der Waals surface area contributed by atoms with Crippen molar-refractivity contribution in [2.24, 2.45) is 0 Å². The molecule has 2 amide bonds. The first-order valence-corrected chi connectivity index (χ1v) is 12.8. The van der Waals surface area contributed by atoms with Crippen LogP contribution in [0.2, 0.25) is 10.0 Å². The summed E-state index contributed by atoms with van der Waals surface area (Å²) in [5.41, 5.74) is 2.85. The Morgan fingerprint density at radius 3 is 2.35 bits per heavy atom. The number of carbonyl (C=O) groups is 2. The number of ether oxygens (including phenoxy) is 1. The first-order valence-electron chi connectivity index (χ1n) is 12.0. The Bertz CT molecular complexity index is 985. The summed E-state index contributed by atoms with van der Waals surface area (Å²) in [5, 5.41) is 4.16. The number of carbonyl (C=O) groups excluding carboxylic acids is 2. The summed E-state index contributed by atoms with van der Waals surface area (Å²) in [6.07, 6.45) is 5.89. The fourth-order valence-electron chi connectivity index (χ4n) is 4.54. The van der Waals surface area contributed by atoms with Crippen LogP contribution in [0.4, 0.5) is 0 Å². The van der Waals surface area contributed by atoms with Crippen molar-refractivity contribution in [1.29, 1.82) is 0 Å². The van der Waals surface area contributed by atoms with Crippen molar-refractivity contribution in [3.8, 4) is 5.75 Å². The van der Waals surface area contributed by atoms with Gasteiger partial charge in [-0.1, -0.05) is 61.5 Å². The fourth-order valence-corrected chi connectivity index (χ4v) is 5.01. The van der Waals surface area contributed by atoms with Crippen LogP contribution < -0.4 is 10.1 Å². The third kappa shape index (κ3) is 7.38. The quantitative estimate of drug-likeness (QED) is 0.439. The maximum absolute atomic E-state index is 13.4. The van der Waals surface area contributed by atoms with Gasteiger partial charge >= 0.3 is 0 Å². The van der Waals surface area contributed by atoms with E-state index in [1.807, 2.05) is 39.0 Å². The Hall–Kier alpha value is -2.24. The topological polar surface area (TPSA) is 58.6 Å². The standard InChI is InChI=1S/C27H34Cl2N2O3/c1-4-25(27(33)30-22-8-6-5-7-9-22)31(16-20-10-11-21(28)15-24(20)29)26(32)17-34-23-13-18(2)12-19(3)14-23/h10-15,22,25H,4-9,16-17H2,1-3H3,(H,30,33)/t25-/m0/s1. The second-order valence-electron chi connectivity index (χ2n) is 9.14.